The first-order valence-electron chi connectivity index (χ1n) is 3.33. The fourth-order valence-corrected chi connectivity index (χ4v) is 1.60. The number of nitrogens with zero attached hydrogens (tertiary/aromatic N) is 2. The molecule has 2 aromatic rings. The van der Waals surface area contributed by atoms with Crippen molar-refractivity contribution in [2.75, 3.05) is 0 Å². The molecule has 0 radical (unpaired) electrons. The lowest BCUT2D eigenvalue weighted by molar-refractivity contribution is 1.07. The van der Waals surface area contributed by atoms with Crippen molar-refractivity contribution < 1.29 is 0 Å². The molecule has 0 saturated heterocycles. The highest BCUT2D eigenvalue weighted by atomic mass is 32.1. The first-order valence-corrected chi connectivity index (χ1v) is 4.15. The van der Waals surface area contributed by atoms with Gasteiger partial charge < -0.3 is 9.97 Å². The van der Waals surface area contributed by atoms with Crippen LogP contribution >= 0.6 is 24.4 Å². The summed E-state index contributed by atoms with van der Waals surface area (Å²) in [5, 5.41) is 15.7. The molecule has 0 bridgehead atoms. The van der Waals surface area contributed by atoms with Gasteiger partial charge in [-0.25, -0.2) is 0 Å². The van der Waals surface area contributed by atoms with E-state index >= 15 is 0 Å². The summed E-state index contributed by atoms with van der Waals surface area (Å²) < 4.78 is 0.817. The molecular formula is C6H3N5S2. The van der Waals surface area contributed by atoms with Crippen LogP contribution in [-0.2, 0) is 0 Å². The van der Waals surface area contributed by atoms with Crippen molar-refractivity contribution in [3.05, 3.63) is 15.1 Å². The van der Waals surface area contributed by atoms with Gasteiger partial charge in [-0.3, -0.25) is 5.10 Å². The molecule has 0 aliphatic heterocycles. The zero-order valence-corrected chi connectivity index (χ0v) is 7.84. The highest BCUT2D eigenvalue weighted by molar-refractivity contribution is 7.72. The monoisotopic (exact) mass is 209 g/mol. The zero-order valence-electron chi connectivity index (χ0n) is 6.21. The van der Waals surface area contributed by atoms with Gasteiger partial charge in [0, 0.05) is 0 Å². The number of aromatic amines is 3. The summed E-state index contributed by atoms with van der Waals surface area (Å²) in [4.78, 5) is 5.52. The van der Waals surface area contributed by atoms with Gasteiger partial charge in [0.15, 0.2) is 10.4 Å². The molecule has 0 aliphatic carbocycles. The number of aromatic nitrogens is 4. The van der Waals surface area contributed by atoms with Crippen LogP contribution in [0.25, 0.3) is 11.0 Å². The highest BCUT2D eigenvalue weighted by Crippen LogP contribution is 2.12. The Morgan fingerprint density at radius 3 is 2.77 bits per heavy atom. The largest absolute Gasteiger partial charge is 0.323 e. The summed E-state index contributed by atoms with van der Waals surface area (Å²) in [6.45, 7) is 0. The maximum atomic E-state index is 8.70. The van der Waals surface area contributed by atoms with E-state index in [-0.39, 0.29) is 0 Å². The van der Waals surface area contributed by atoms with Crippen LogP contribution in [0.1, 0.15) is 5.69 Å². The molecule has 2 rings (SSSR count). The minimum Gasteiger partial charge on any atom is -0.323 e. The first-order chi connectivity index (χ1) is 6.22. The van der Waals surface area contributed by atoms with E-state index in [1.54, 1.807) is 0 Å². The third kappa shape index (κ3) is 1.16. The first kappa shape index (κ1) is 8.10. The van der Waals surface area contributed by atoms with Crippen LogP contribution < -0.4 is 0 Å². The van der Waals surface area contributed by atoms with Crippen LogP contribution in [0.4, 0.5) is 0 Å². The predicted molar refractivity (Wildman–Crippen MR) is 51.2 cm³/mol. The van der Waals surface area contributed by atoms with E-state index < -0.39 is 0 Å². The van der Waals surface area contributed by atoms with Gasteiger partial charge in [-0.15, -0.1) is 0 Å². The van der Waals surface area contributed by atoms with Gasteiger partial charge in [0.25, 0.3) is 0 Å². The van der Waals surface area contributed by atoms with Crippen molar-refractivity contribution in [1.82, 2.24) is 20.2 Å². The van der Waals surface area contributed by atoms with Crippen LogP contribution in [0.15, 0.2) is 0 Å². The Balaban J connectivity index is 3.10. The van der Waals surface area contributed by atoms with Crippen LogP contribution in [0, 0.1) is 20.7 Å². The summed E-state index contributed by atoms with van der Waals surface area (Å²) in [5.41, 5.74) is 0.841. The molecule has 0 unspecified atom stereocenters. The number of hydrogen-bond acceptors (Lipinski definition) is 4. The van der Waals surface area contributed by atoms with Crippen LogP contribution in [-0.4, -0.2) is 20.2 Å². The standard InChI is InChI=1S/C6H3N5S2/c7-1-2-3-4(11-10-2)8-6(13)9-5(3)12/h(H3,8,9,10,11,12,13). The van der Waals surface area contributed by atoms with Crippen molar-refractivity contribution in [3.8, 4) is 6.07 Å². The fraction of sp³-hybridized carbons (Fsp3) is 0. The fourth-order valence-electron chi connectivity index (χ4n) is 1.04. The minimum absolute atomic E-state index is 0.336. The zero-order chi connectivity index (χ0) is 9.42. The molecule has 0 fully saturated rings. The molecular weight excluding hydrogens is 206 g/mol. The minimum atomic E-state index is 0.336. The van der Waals surface area contributed by atoms with Gasteiger partial charge in [-0.05, 0) is 12.2 Å². The number of H-pyrrole nitrogens is 3. The summed E-state index contributed by atoms with van der Waals surface area (Å²) in [6, 6.07) is 1.95. The summed E-state index contributed by atoms with van der Waals surface area (Å²) in [7, 11) is 0. The number of hydrogen-bond donors (Lipinski definition) is 3. The molecule has 2 aromatic heterocycles. The van der Waals surface area contributed by atoms with Gasteiger partial charge in [0.2, 0.25) is 0 Å². The van der Waals surface area contributed by atoms with Crippen molar-refractivity contribution in [2.24, 2.45) is 0 Å². The SMILES string of the molecule is N#Cc1[nH]nc2[nH]c(=S)[nH]c(=S)c12. The Hall–Kier alpha value is -1.52. The number of nitrogens with one attached hydrogen (secondary N) is 3. The Kier molecular flexibility index (Phi) is 1.72. The molecule has 64 valence electrons. The second-order valence-electron chi connectivity index (χ2n) is 2.34. The quantitative estimate of drug-likeness (QED) is 0.575. The van der Waals surface area contributed by atoms with E-state index in [1.165, 1.54) is 0 Å². The molecule has 0 atom stereocenters. The second kappa shape index (κ2) is 2.76. The third-order valence-electron chi connectivity index (χ3n) is 1.56. The van der Waals surface area contributed by atoms with Crippen molar-refractivity contribution >= 4 is 35.5 Å². The second-order valence-corrected chi connectivity index (χ2v) is 3.16. The molecule has 0 spiro atoms. The maximum absolute atomic E-state index is 8.70. The molecule has 0 aromatic carbocycles. The molecule has 0 saturated carbocycles. The molecule has 5 nitrogen and oxygen atoms in total. The summed E-state index contributed by atoms with van der Waals surface area (Å²) >= 11 is 9.85. The van der Waals surface area contributed by atoms with Gasteiger partial charge in [-0.2, -0.15) is 10.4 Å². The maximum Gasteiger partial charge on any atom is 0.177 e. The molecule has 0 aliphatic rings. The van der Waals surface area contributed by atoms with Crippen molar-refractivity contribution in [2.45, 2.75) is 0 Å². The molecule has 3 N–H and O–H groups in total. The molecule has 7 heteroatoms. The molecule has 2 heterocycles. The van der Waals surface area contributed by atoms with Gasteiger partial charge in [-0.1, -0.05) is 12.2 Å². The van der Waals surface area contributed by atoms with E-state index in [4.69, 9.17) is 29.7 Å². The van der Waals surface area contributed by atoms with E-state index in [0.29, 0.717) is 26.1 Å². The number of fused-ring (bicyclic) bond motifs is 1. The van der Waals surface area contributed by atoms with Crippen LogP contribution in [0.5, 0.6) is 0 Å². The van der Waals surface area contributed by atoms with E-state index in [1.807, 2.05) is 6.07 Å². The molecule has 0 amide bonds. The topological polar surface area (TPSA) is 84.0 Å². The van der Waals surface area contributed by atoms with Gasteiger partial charge in [0.1, 0.15) is 16.4 Å². The lowest BCUT2D eigenvalue weighted by Crippen LogP contribution is -1.84. The number of rotatable bonds is 0. The van der Waals surface area contributed by atoms with Crippen molar-refractivity contribution in [1.29, 1.82) is 5.26 Å². The lowest BCUT2D eigenvalue weighted by Gasteiger charge is -1.88. The summed E-state index contributed by atoms with van der Waals surface area (Å²) in [6.07, 6.45) is 0. The Bertz CT molecular complexity index is 610. The average molecular weight is 209 g/mol. The Labute approximate surface area is 82.4 Å². The number of nitriles is 1. The smallest absolute Gasteiger partial charge is 0.177 e. The lowest BCUT2D eigenvalue weighted by atomic mass is 10.3. The van der Waals surface area contributed by atoms with Crippen LogP contribution in [0.3, 0.4) is 0 Å². The third-order valence-corrected chi connectivity index (χ3v) is 2.07. The molecule has 13 heavy (non-hydrogen) atoms. The summed E-state index contributed by atoms with van der Waals surface area (Å²) in [5.74, 6) is 0. The van der Waals surface area contributed by atoms with Gasteiger partial charge >= 0.3 is 0 Å². The Morgan fingerprint density at radius 2 is 2.08 bits per heavy atom. The van der Waals surface area contributed by atoms with E-state index in [2.05, 4.69) is 20.2 Å². The van der Waals surface area contributed by atoms with Gasteiger partial charge in [0.05, 0.1) is 5.39 Å². The normalized spacial score (nSPS) is 10.1. The van der Waals surface area contributed by atoms with Crippen LogP contribution in [0.2, 0.25) is 0 Å². The van der Waals surface area contributed by atoms with Crippen molar-refractivity contribution in [3.63, 3.8) is 0 Å². The van der Waals surface area contributed by atoms with E-state index in [0.717, 1.165) is 0 Å². The predicted octanol–water partition coefficient (Wildman–Crippen LogP) is 1.55. The average Bonchev–Trinajstić information content (AvgIpc) is 2.47. The van der Waals surface area contributed by atoms with E-state index in [9.17, 15) is 0 Å². The Morgan fingerprint density at radius 1 is 1.31 bits per heavy atom. The highest BCUT2D eigenvalue weighted by Gasteiger charge is 2.05.